The van der Waals surface area contributed by atoms with Gasteiger partial charge in [0.2, 0.25) is 5.91 Å². The first-order valence-electron chi connectivity index (χ1n) is 4.74. The average molecular weight is 259 g/mol. The summed E-state index contributed by atoms with van der Waals surface area (Å²) in [5.74, 6) is -0.198. The van der Waals surface area contributed by atoms with Crippen molar-refractivity contribution in [3.05, 3.63) is 39.9 Å². The van der Waals surface area contributed by atoms with Gasteiger partial charge in [-0.3, -0.25) is 4.79 Å². The number of hydrogen-bond donors (Lipinski definition) is 2. The van der Waals surface area contributed by atoms with Crippen molar-refractivity contribution in [2.45, 2.75) is 0 Å². The number of carbonyl (C=O) groups excluding carboxylic acids is 1. The predicted molar refractivity (Wildman–Crippen MR) is 67.6 cm³/mol. The molecule has 0 fully saturated rings. The fraction of sp³-hybridized carbons (Fsp3) is 0.182. The predicted octanol–water partition coefficient (Wildman–Crippen LogP) is 2.08. The van der Waals surface area contributed by atoms with Gasteiger partial charge in [0, 0.05) is 29.2 Å². The Kier molecular flexibility index (Phi) is 5.32. The summed E-state index contributed by atoms with van der Waals surface area (Å²) in [6.45, 7) is 0.874. The van der Waals surface area contributed by atoms with E-state index in [1.807, 2.05) is 0 Å². The van der Waals surface area contributed by atoms with Crippen LogP contribution in [-0.4, -0.2) is 19.0 Å². The Morgan fingerprint density at radius 1 is 1.44 bits per heavy atom. The van der Waals surface area contributed by atoms with Crippen molar-refractivity contribution in [1.82, 2.24) is 5.32 Å². The van der Waals surface area contributed by atoms with Crippen LogP contribution in [0.2, 0.25) is 10.0 Å². The first-order chi connectivity index (χ1) is 7.63. The molecule has 0 spiro atoms. The lowest BCUT2D eigenvalue weighted by atomic mass is 10.2. The number of benzene rings is 1. The summed E-state index contributed by atoms with van der Waals surface area (Å²) in [5.41, 5.74) is 5.99. The second kappa shape index (κ2) is 6.53. The summed E-state index contributed by atoms with van der Waals surface area (Å²) in [7, 11) is 0. The average Bonchev–Trinajstić information content (AvgIpc) is 2.25. The normalized spacial score (nSPS) is 10.7. The van der Waals surface area contributed by atoms with E-state index in [1.165, 1.54) is 6.08 Å². The van der Waals surface area contributed by atoms with Crippen molar-refractivity contribution in [3.63, 3.8) is 0 Å². The maximum atomic E-state index is 11.2. The van der Waals surface area contributed by atoms with Gasteiger partial charge in [0.05, 0.1) is 0 Å². The minimum atomic E-state index is -0.198. The van der Waals surface area contributed by atoms with Crippen LogP contribution in [0.1, 0.15) is 5.56 Å². The Morgan fingerprint density at radius 3 is 2.81 bits per heavy atom. The minimum absolute atomic E-state index is 0.198. The topological polar surface area (TPSA) is 55.1 Å². The molecule has 0 radical (unpaired) electrons. The van der Waals surface area contributed by atoms with Gasteiger partial charge < -0.3 is 11.1 Å². The van der Waals surface area contributed by atoms with E-state index in [9.17, 15) is 4.79 Å². The van der Waals surface area contributed by atoms with Gasteiger partial charge in [0.1, 0.15) is 0 Å². The van der Waals surface area contributed by atoms with Gasteiger partial charge >= 0.3 is 0 Å². The van der Waals surface area contributed by atoms with Crippen molar-refractivity contribution < 1.29 is 4.79 Å². The second-order valence-corrected chi connectivity index (χ2v) is 3.92. The molecule has 3 N–H and O–H groups in total. The number of amides is 1. The lowest BCUT2D eigenvalue weighted by Gasteiger charge is -2.00. The molecule has 0 aliphatic rings. The molecule has 86 valence electrons. The highest BCUT2D eigenvalue weighted by Crippen LogP contribution is 2.21. The highest BCUT2D eigenvalue weighted by molar-refractivity contribution is 6.35. The van der Waals surface area contributed by atoms with E-state index in [0.29, 0.717) is 23.1 Å². The molecular formula is C11H12Cl2N2O. The van der Waals surface area contributed by atoms with Crippen LogP contribution in [0, 0.1) is 0 Å². The zero-order chi connectivity index (χ0) is 12.0. The number of nitrogens with two attached hydrogens (primary N) is 1. The van der Waals surface area contributed by atoms with Gasteiger partial charge in [-0.05, 0) is 23.8 Å². The second-order valence-electron chi connectivity index (χ2n) is 3.08. The highest BCUT2D eigenvalue weighted by atomic mass is 35.5. The summed E-state index contributed by atoms with van der Waals surface area (Å²) in [5, 5.41) is 3.69. The Bertz CT molecular complexity index is 405. The molecule has 0 atom stereocenters. The van der Waals surface area contributed by atoms with E-state index in [2.05, 4.69) is 5.32 Å². The maximum absolute atomic E-state index is 11.2. The Morgan fingerprint density at radius 2 is 2.19 bits per heavy atom. The first kappa shape index (κ1) is 13.0. The van der Waals surface area contributed by atoms with Gasteiger partial charge in [0.25, 0.3) is 0 Å². The third kappa shape index (κ3) is 4.23. The molecular weight excluding hydrogens is 247 g/mol. The fourth-order valence-corrected chi connectivity index (χ4v) is 1.53. The van der Waals surface area contributed by atoms with E-state index >= 15 is 0 Å². The first-order valence-corrected chi connectivity index (χ1v) is 5.50. The quantitative estimate of drug-likeness (QED) is 0.813. The zero-order valence-electron chi connectivity index (χ0n) is 8.54. The van der Waals surface area contributed by atoms with Crippen molar-refractivity contribution >= 4 is 35.2 Å². The fourth-order valence-electron chi connectivity index (χ4n) is 1.06. The number of hydrogen-bond acceptors (Lipinski definition) is 2. The largest absolute Gasteiger partial charge is 0.351 e. The molecule has 0 saturated heterocycles. The summed E-state index contributed by atoms with van der Waals surface area (Å²) >= 11 is 11.7. The van der Waals surface area contributed by atoms with Crippen LogP contribution < -0.4 is 11.1 Å². The molecule has 0 aliphatic heterocycles. The van der Waals surface area contributed by atoms with Crippen LogP contribution in [0.15, 0.2) is 24.3 Å². The molecule has 5 heteroatoms. The van der Waals surface area contributed by atoms with Gasteiger partial charge in [-0.2, -0.15) is 0 Å². The van der Waals surface area contributed by atoms with Crippen LogP contribution in [-0.2, 0) is 4.79 Å². The van der Waals surface area contributed by atoms with Gasteiger partial charge in [0.15, 0.2) is 0 Å². The standard InChI is InChI=1S/C11H12Cl2N2O/c12-9-3-1-8(10(13)7-9)2-4-11(16)15-6-5-14/h1-4,7H,5-6,14H2,(H,15,16)/b4-2+. The van der Waals surface area contributed by atoms with Crippen LogP contribution in [0.5, 0.6) is 0 Å². The molecule has 1 aromatic rings. The molecule has 16 heavy (non-hydrogen) atoms. The van der Waals surface area contributed by atoms with E-state index in [1.54, 1.807) is 24.3 Å². The monoisotopic (exact) mass is 258 g/mol. The van der Waals surface area contributed by atoms with Crippen molar-refractivity contribution in [2.24, 2.45) is 5.73 Å². The number of nitrogens with one attached hydrogen (secondary N) is 1. The molecule has 0 saturated carbocycles. The van der Waals surface area contributed by atoms with Gasteiger partial charge in [-0.25, -0.2) is 0 Å². The summed E-state index contributed by atoms with van der Waals surface area (Å²) in [4.78, 5) is 11.2. The molecule has 1 rings (SSSR count). The lowest BCUT2D eigenvalue weighted by molar-refractivity contribution is -0.116. The van der Waals surface area contributed by atoms with Crippen molar-refractivity contribution in [1.29, 1.82) is 0 Å². The summed E-state index contributed by atoms with van der Waals surface area (Å²) in [6.07, 6.45) is 3.04. The maximum Gasteiger partial charge on any atom is 0.244 e. The molecule has 1 amide bonds. The molecule has 0 unspecified atom stereocenters. The molecule has 1 aromatic carbocycles. The number of carbonyl (C=O) groups is 1. The van der Waals surface area contributed by atoms with Gasteiger partial charge in [-0.1, -0.05) is 29.3 Å². The van der Waals surface area contributed by atoms with Gasteiger partial charge in [-0.15, -0.1) is 0 Å². The molecule has 0 bridgehead atoms. The zero-order valence-corrected chi connectivity index (χ0v) is 10.1. The molecule has 0 aromatic heterocycles. The Balaban J connectivity index is 2.65. The Hall–Kier alpha value is -1.03. The highest BCUT2D eigenvalue weighted by Gasteiger charge is 1.98. The number of rotatable bonds is 4. The summed E-state index contributed by atoms with van der Waals surface area (Å²) < 4.78 is 0. The lowest BCUT2D eigenvalue weighted by Crippen LogP contribution is -2.27. The minimum Gasteiger partial charge on any atom is -0.351 e. The van der Waals surface area contributed by atoms with Crippen LogP contribution in [0.4, 0.5) is 0 Å². The van der Waals surface area contributed by atoms with Crippen molar-refractivity contribution in [2.75, 3.05) is 13.1 Å². The molecule has 0 aliphatic carbocycles. The van der Waals surface area contributed by atoms with E-state index < -0.39 is 0 Å². The smallest absolute Gasteiger partial charge is 0.244 e. The van der Waals surface area contributed by atoms with E-state index in [0.717, 1.165) is 5.56 Å². The third-order valence-electron chi connectivity index (χ3n) is 1.82. The summed E-state index contributed by atoms with van der Waals surface area (Å²) in [6, 6.07) is 5.09. The van der Waals surface area contributed by atoms with E-state index in [4.69, 9.17) is 28.9 Å². The third-order valence-corrected chi connectivity index (χ3v) is 2.38. The number of halogens is 2. The van der Waals surface area contributed by atoms with Crippen LogP contribution >= 0.6 is 23.2 Å². The van der Waals surface area contributed by atoms with Crippen LogP contribution in [0.25, 0.3) is 6.08 Å². The SMILES string of the molecule is NCCNC(=O)/C=C/c1ccc(Cl)cc1Cl. The van der Waals surface area contributed by atoms with Crippen molar-refractivity contribution in [3.8, 4) is 0 Å². The van der Waals surface area contributed by atoms with E-state index in [-0.39, 0.29) is 5.91 Å². The molecule has 3 nitrogen and oxygen atoms in total. The van der Waals surface area contributed by atoms with Crippen LogP contribution in [0.3, 0.4) is 0 Å². The molecule has 0 heterocycles. The Labute approximate surface area is 104 Å².